The Balaban J connectivity index is 0.00000374. The zero-order chi connectivity index (χ0) is 34.0. The molecular formula is C46H34N3OPt-. The topological polar surface area (TPSA) is 50.4 Å². The Morgan fingerprint density at radius 1 is 0.608 bits per heavy atom. The van der Waals surface area contributed by atoms with Crippen LogP contribution in [0.4, 0.5) is 0 Å². The van der Waals surface area contributed by atoms with Gasteiger partial charge in [-0.2, -0.15) is 0 Å². The normalized spacial score (nSPS) is 12.7. The molecule has 3 heterocycles. The SMILES string of the molecule is Cc1cccc(-c2cc(-c3[c-]c(-c4nc5ccccn5c4-c4ccccc4)ccc3)nc(-c3ccc4c(c3O)C(C)(C)c3ccccc3-4)c2)c1.[Pt]. The van der Waals surface area contributed by atoms with Gasteiger partial charge in [0.2, 0.25) is 0 Å². The first-order chi connectivity index (χ1) is 24.4. The molecular weight excluding hydrogens is 806 g/mol. The van der Waals surface area contributed by atoms with Gasteiger partial charge in [0.1, 0.15) is 11.4 Å². The molecule has 0 atom stereocenters. The molecule has 8 aromatic rings. The molecule has 0 spiro atoms. The number of aromatic hydroxyl groups is 1. The predicted octanol–water partition coefficient (Wildman–Crippen LogP) is 11.2. The maximum absolute atomic E-state index is 12.1. The average Bonchev–Trinajstić information content (AvgIpc) is 3.65. The number of pyridine rings is 2. The summed E-state index contributed by atoms with van der Waals surface area (Å²) >= 11 is 0. The molecule has 0 fully saturated rings. The van der Waals surface area contributed by atoms with E-state index >= 15 is 0 Å². The number of imidazole rings is 1. The van der Waals surface area contributed by atoms with E-state index in [9.17, 15) is 5.11 Å². The van der Waals surface area contributed by atoms with Crippen LogP contribution in [-0.2, 0) is 26.5 Å². The molecule has 51 heavy (non-hydrogen) atoms. The van der Waals surface area contributed by atoms with E-state index in [1.165, 1.54) is 16.7 Å². The molecule has 0 unspecified atom stereocenters. The molecule has 0 amide bonds. The molecule has 0 aliphatic heterocycles. The van der Waals surface area contributed by atoms with Gasteiger partial charge in [-0.05, 0) is 64.6 Å². The van der Waals surface area contributed by atoms with Gasteiger partial charge in [0.05, 0.1) is 5.69 Å². The van der Waals surface area contributed by atoms with Crippen molar-refractivity contribution in [1.29, 1.82) is 0 Å². The standard InChI is InChI=1S/C46H34N3O.Pt/c1-29-13-11-16-31(25-29)34-27-39(47-40(28-34)37-23-22-36-35-19-7-8-20-38(35)46(2,3)42(36)45(37)50)32-17-12-18-33(26-32)43-44(30-14-5-4-6-15-30)49-24-10-9-21-41(49)48-43;/h4-25,27-28,50H,1-3H3;/q-1;. The maximum atomic E-state index is 12.1. The number of hydrogen-bond acceptors (Lipinski definition) is 3. The van der Waals surface area contributed by atoms with Crippen LogP contribution in [0.5, 0.6) is 5.75 Å². The Morgan fingerprint density at radius 3 is 2.16 bits per heavy atom. The number of nitrogens with zero attached hydrogens (tertiary/aromatic N) is 3. The summed E-state index contributed by atoms with van der Waals surface area (Å²) in [6, 6.07) is 51.6. The van der Waals surface area contributed by atoms with Crippen molar-refractivity contribution in [3.05, 3.63) is 168 Å². The summed E-state index contributed by atoms with van der Waals surface area (Å²) in [7, 11) is 0. The molecule has 250 valence electrons. The van der Waals surface area contributed by atoms with E-state index in [1.54, 1.807) is 0 Å². The number of aryl methyl sites for hydroxylation is 1. The first kappa shape index (κ1) is 32.6. The Bertz CT molecular complexity index is 2600. The number of phenols is 1. The van der Waals surface area contributed by atoms with E-state index in [4.69, 9.17) is 9.97 Å². The number of hydrogen-bond donors (Lipinski definition) is 1. The van der Waals surface area contributed by atoms with E-state index in [0.717, 1.165) is 61.7 Å². The molecule has 0 bridgehead atoms. The molecule has 3 aromatic heterocycles. The third-order valence-corrected chi connectivity index (χ3v) is 10.0. The molecule has 1 aliphatic carbocycles. The van der Waals surface area contributed by atoms with Crippen LogP contribution in [0.1, 0.15) is 30.5 Å². The van der Waals surface area contributed by atoms with Crippen LogP contribution in [0, 0.1) is 13.0 Å². The number of rotatable bonds is 5. The summed E-state index contributed by atoms with van der Waals surface area (Å²) < 4.78 is 2.14. The quantitative estimate of drug-likeness (QED) is 0.176. The summed E-state index contributed by atoms with van der Waals surface area (Å²) in [5.41, 5.74) is 15.1. The zero-order valence-corrected chi connectivity index (χ0v) is 30.7. The second kappa shape index (κ2) is 12.6. The summed E-state index contributed by atoms with van der Waals surface area (Å²) in [4.78, 5) is 10.3. The number of phenolic OH excluding ortho intramolecular Hbond substituents is 1. The molecule has 5 aromatic carbocycles. The minimum atomic E-state index is -0.352. The largest absolute Gasteiger partial charge is 0.507 e. The number of aromatic nitrogens is 3. The van der Waals surface area contributed by atoms with Crippen molar-refractivity contribution < 1.29 is 26.2 Å². The molecule has 9 rings (SSSR count). The molecule has 0 saturated heterocycles. The molecule has 4 nitrogen and oxygen atoms in total. The van der Waals surface area contributed by atoms with Crippen LogP contribution >= 0.6 is 0 Å². The number of benzene rings is 5. The van der Waals surface area contributed by atoms with Gasteiger partial charge >= 0.3 is 0 Å². The molecule has 5 heteroatoms. The summed E-state index contributed by atoms with van der Waals surface area (Å²) in [6.45, 7) is 6.48. The minimum Gasteiger partial charge on any atom is -0.507 e. The minimum absolute atomic E-state index is 0. The smallest absolute Gasteiger partial charge is 0.129 e. The molecule has 1 N–H and O–H groups in total. The van der Waals surface area contributed by atoms with E-state index in [0.29, 0.717) is 11.3 Å². The van der Waals surface area contributed by atoms with Gasteiger partial charge in [-0.15, -0.1) is 24.3 Å². The van der Waals surface area contributed by atoms with Crippen LogP contribution in [0.25, 0.3) is 72.9 Å². The van der Waals surface area contributed by atoms with Gasteiger partial charge in [-0.3, -0.25) is 9.97 Å². The molecule has 0 radical (unpaired) electrons. The van der Waals surface area contributed by atoms with E-state index < -0.39 is 0 Å². The van der Waals surface area contributed by atoms with Gasteiger partial charge in [-0.25, -0.2) is 0 Å². The second-order valence-corrected chi connectivity index (χ2v) is 13.6. The van der Waals surface area contributed by atoms with Gasteiger partial charge in [-0.1, -0.05) is 128 Å². The predicted molar refractivity (Wildman–Crippen MR) is 203 cm³/mol. The fraction of sp³-hybridized carbons (Fsp3) is 0.0870. The van der Waals surface area contributed by atoms with E-state index in [1.807, 2.05) is 36.4 Å². The van der Waals surface area contributed by atoms with Crippen molar-refractivity contribution in [2.75, 3.05) is 0 Å². The van der Waals surface area contributed by atoms with Crippen molar-refractivity contribution in [3.8, 4) is 73.0 Å². The van der Waals surface area contributed by atoms with Gasteiger partial charge in [0.25, 0.3) is 0 Å². The van der Waals surface area contributed by atoms with Crippen LogP contribution in [-0.4, -0.2) is 19.5 Å². The van der Waals surface area contributed by atoms with Crippen molar-refractivity contribution >= 4 is 5.65 Å². The third kappa shape index (κ3) is 5.42. The van der Waals surface area contributed by atoms with Gasteiger partial charge < -0.3 is 9.51 Å². The monoisotopic (exact) mass is 839 g/mol. The average molecular weight is 840 g/mol. The van der Waals surface area contributed by atoms with Gasteiger partial charge in [0, 0.05) is 60.9 Å². The fourth-order valence-corrected chi connectivity index (χ4v) is 7.66. The van der Waals surface area contributed by atoms with E-state index in [2.05, 4.69) is 141 Å². The Kier molecular flexibility index (Phi) is 8.08. The molecule has 0 saturated carbocycles. The second-order valence-electron chi connectivity index (χ2n) is 13.6. The van der Waals surface area contributed by atoms with Crippen molar-refractivity contribution in [1.82, 2.24) is 14.4 Å². The Labute approximate surface area is 312 Å². The summed E-state index contributed by atoms with van der Waals surface area (Å²) in [5, 5.41) is 12.1. The van der Waals surface area contributed by atoms with Crippen LogP contribution < -0.4 is 0 Å². The summed E-state index contributed by atoms with van der Waals surface area (Å²) in [5.74, 6) is 0.276. The van der Waals surface area contributed by atoms with Gasteiger partial charge in [0.15, 0.2) is 0 Å². The third-order valence-electron chi connectivity index (χ3n) is 10.0. The van der Waals surface area contributed by atoms with Crippen molar-refractivity contribution in [2.24, 2.45) is 0 Å². The Morgan fingerprint density at radius 2 is 1.31 bits per heavy atom. The summed E-state index contributed by atoms with van der Waals surface area (Å²) in [6.07, 6.45) is 2.06. The van der Waals surface area contributed by atoms with Crippen molar-refractivity contribution in [2.45, 2.75) is 26.2 Å². The first-order valence-electron chi connectivity index (χ1n) is 17.0. The molecule has 1 aliphatic rings. The fourth-order valence-electron chi connectivity index (χ4n) is 7.66. The van der Waals surface area contributed by atoms with Crippen LogP contribution in [0.15, 0.2) is 146 Å². The Hall–Kier alpha value is -5.57. The first-order valence-corrected chi connectivity index (χ1v) is 17.0. The van der Waals surface area contributed by atoms with E-state index in [-0.39, 0.29) is 32.2 Å². The zero-order valence-electron chi connectivity index (χ0n) is 28.5. The maximum Gasteiger partial charge on any atom is 0.129 e. The van der Waals surface area contributed by atoms with Crippen LogP contribution in [0.2, 0.25) is 0 Å². The number of fused-ring (bicyclic) bond motifs is 4. The van der Waals surface area contributed by atoms with Crippen molar-refractivity contribution in [3.63, 3.8) is 0 Å². The van der Waals surface area contributed by atoms with Crippen LogP contribution in [0.3, 0.4) is 0 Å².